The zero-order valence-electron chi connectivity index (χ0n) is 17.2. The van der Waals surface area contributed by atoms with E-state index in [1.807, 2.05) is 35.2 Å². The molecule has 2 aliphatic rings. The number of anilines is 1. The molecule has 1 atom stereocenters. The summed E-state index contributed by atoms with van der Waals surface area (Å²) >= 11 is 11.8. The van der Waals surface area contributed by atoms with Crippen LogP contribution in [-0.2, 0) is 11.3 Å². The molecule has 0 saturated carbocycles. The minimum atomic E-state index is -0.167. The van der Waals surface area contributed by atoms with Gasteiger partial charge in [0.05, 0.1) is 18.2 Å². The Morgan fingerprint density at radius 3 is 2.84 bits per heavy atom. The van der Waals surface area contributed by atoms with E-state index in [4.69, 9.17) is 38.0 Å². The molecule has 1 saturated heterocycles. The van der Waals surface area contributed by atoms with E-state index in [9.17, 15) is 4.79 Å². The van der Waals surface area contributed by atoms with Crippen LogP contribution in [0.25, 0.3) is 10.9 Å². The summed E-state index contributed by atoms with van der Waals surface area (Å²) < 4.78 is 16.7. The number of halogens is 1. The quantitative estimate of drug-likeness (QED) is 0.537. The predicted molar refractivity (Wildman–Crippen MR) is 128 cm³/mol. The molecule has 0 spiro atoms. The predicted octanol–water partition coefficient (Wildman–Crippen LogP) is 4.29. The summed E-state index contributed by atoms with van der Waals surface area (Å²) in [5.41, 5.74) is 1.93. The van der Waals surface area contributed by atoms with E-state index in [-0.39, 0.29) is 18.5 Å². The average Bonchev–Trinajstić information content (AvgIpc) is 3.44. The summed E-state index contributed by atoms with van der Waals surface area (Å²) in [5.74, 6) is 1.30. The lowest BCUT2D eigenvalue weighted by atomic mass is 10.1. The third-order valence-corrected chi connectivity index (χ3v) is 6.18. The Morgan fingerprint density at radius 2 is 2.06 bits per heavy atom. The zero-order chi connectivity index (χ0) is 22.1. The maximum atomic E-state index is 12.9. The summed E-state index contributed by atoms with van der Waals surface area (Å²) in [7, 11) is 0. The fourth-order valence-corrected chi connectivity index (χ4v) is 4.43. The highest BCUT2D eigenvalue weighted by Crippen LogP contribution is 2.35. The van der Waals surface area contributed by atoms with Gasteiger partial charge in [-0.15, -0.1) is 0 Å². The second kappa shape index (κ2) is 8.97. The number of benzene rings is 2. The normalized spacial score (nSPS) is 17.0. The highest BCUT2D eigenvalue weighted by molar-refractivity contribution is 7.80. The number of ether oxygens (including phenoxy) is 3. The number of pyridine rings is 1. The van der Waals surface area contributed by atoms with E-state index < -0.39 is 0 Å². The number of hydrogen-bond donors (Lipinski definition) is 2. The van der Waals surface area contributed by atoms with Crippen LogP contribution in [0, 0.1) is 0 Å². The molecule has 3 aromatic rings. The van der Waals surface area contributed by atoms with Crippen LogP contribution in [-0.4, -0.2) is 41.0 Å². The van der Waals surface area contributed by atoms with Crippen molar-refractivity contribution in [2.75, 3.05) is 25.3 Å². The van der Waals surface area contributed by atoms with Crippen molar-refractivity contribution in [1.82, 2.24) is 9.88 Å². The number of thiocarbonyl (C=S) groups is 1. The van der Waals surface area contributed by atoms with E-state index in [0.29, 0.717) is 45.8 Å². The molecule has 1 fully saturated rings. The number of H-pyrrole nitrogens is 1. The van der Waals surface area contributed by atoms with Crippen molar-refractivity contribution < 1.29 is 14.2 Å². The Morgan fingerprint density at radius 1 is 1.22 bits per heavy atom. The van der Waals surface area contributed by atoms with Gasteiger partial charge in [-0.1, -0.05) is 17.7 Å². The van der Waals surface area contributed by atoms with Crippen LogP contribution in [0.3, 0.4) is 0 Å². The second-order valence-electron chi connectivity index (χ2n) is 7.87. The molecule has 9 heteroatoms. The van der Waals surface area contributed by atoms with E-state index in [1.165, 1.54) is 0 Å². The number of hydrogen-bond acceptors (Lipinski definition) is 5. The minimum absolute atomic E-state index is 0.0717. The molecule has 2 aliphatic heterocycles. The van der Waals surface area contributed by atoms with Gasteiger partial charge in [-0.2, -0.15) is 0 Å². The highest BCUT2D eigenvalue weighted by Gasteiger charge is 2.23. The van der Waals surface area contributed by atoms with Crippen molar-refractivity contribution in [3.05, 3.63) is 63.4 Å². The fourth-order valence-electron chi connectivity index (χ4n) is 3.99. The Labute approximate surface area is 195 Å². The van der Waals surface area contributed by atoms with Gasteiger partial charge in [0.2, 0.25) is 6.79 Å². The molecule has 3 heterocycles. The van der Waals surface area contributed by atoms with Crippen LogP contribution in [0.15, 0.2) is 47.3 Å². The zero-order valence-corrected chi connectivity index (χ0v) is 18.8. The lowest BCUT2D eigenvalue weighted by Crippen LogP contribution is -2.40. The van der Waals surface area contributed by atoms with Crippen LogP contribution in [0.5, 0.6) is 11.5 Å². The van der Waals surface area contributed by atoms with Gasteiger partial charge in [0.15, 0.2) is 16.6 Å². The van der Waals surface area contributed by atoms with Crippen molar-refractivity contribution in [2.45, 2.75) is 25.5 Å². The monoisotopic (exact) mass is 471 g/mol. The number of aromatic amines is 1. The molecule has 0 amide bonds. The first-order chi connectivity index (χ1) is 15.5. The molecule has 0 radical (unpaired) electrons. The van der Waals surface area contributed by atoms with Crippen LogP contribution < -0.4 is 20.3 Å². The first kappa shape index (κ1) is 21.1. The summed E-state index contributed by atoms with van der Waals surface area (Å²) in [6, 6.07) is 12.9. The molecule has 0 bridgehead atoms. The molecule has 1 aromatic heterocycles. The van der Waals surface area contributed by atoms with Crippen molar-refractivity contribution >= 4 is 45.5 Å². The van der Waals surface area contributed by atoms with Gasteiger partial charge in [-0.05, 0) is 55.4 Å². The second-order valence-corrected chi connectivity index (χ2v) is 8.70. The molecule has 2 N–H and O–H groups in total. The van der Waals surface area contributed by atoms with Crippen LogP contribution in [0.1, 0.15) is 18.4 Å². The summed E-state index contributed by atoms with van der Waals surface area (Å²) in [5, 5.41) is 5.23. The van der Waals surface area contributed by atoms with Gasteiger partial charge in [0, 0.05) is 40.9 Å². The molecular formula is C23H22ClN3O4S. The van der Waals surface area contributed by atoms with Crippen LogP contribution >= 0.6 is 23.8 Å². The number of aromatic nitrogens is 1. The van der Waals surface area contributed by atoms with Crippen molar-refractivity contribution in [3.63, 3.8) is 0 Å². The molecule has 2 aromatic carbocycles. The summed E-state index contributed by atoms with van der Waals surface area (Å²) in [4.78, 5) is 17.8. The van der Waals surface area contributed by atoms with E-state index >= 15 is 0 Å². The third-order valence-electron chi connectivity index (χ3n) is 5.59. The SMILES string of the molecule is O=c1[nH]c2cc3c(cc2cc1CN(C[C@@H]1CCCO1)C(=S)Nc1cccc(Cl)c1)OCO3. The van der Waals surface area contributed by atoms with Gasteiger partial charge in [-0.25, -0.2) is 0 Å². The largest absolute Gasteiger partial charge is 0.454 e. The van der Waals surface area contributed by atoms with E-state index in [1.54, 1.807) is 12.1 Å². The Hall–Kier alpha value is -2.81. The summed E-state index contributed by atoms with van der Waals surface area (Å²) in [6.45, 7) is 1.86. The van der Waals surface area contributed by atoms with E-state index in [0.717, 1.165) is 30.5 Å². The van der Waals surface area contributed by atoms with Gasteiger partial charge in [-0.3, -0.25) is 4.79 Å². The van der Waals surface area contributed by atoms with Crippen molar-refractivity contribution in [2.24, 2.45) is 0 Å². The molecule has 7 nitrogen and oxygen atoms in total. The number of nitrogens with one attached hydrogen (secondary N) is 2. The van der Waals surface area contributed by atoms with Gasteiger partial charge >= 0.3 is 0 Å². The topological polar surface area (TPSA) is 75.8 Å². The fraction of sp³-hybridized carbons (Fsp3) is 0.304. The van der Waals surface area contributed by atoms with Crippen molar-refractivity contribution in [1.29, 1.82) is 0 Å². The number of nitrogens with zero attached hydrogens (tertiary/aromatic N) is 1. The highest BCUT2D eigenvalue weighted by atomic mass is 35.5. The third kappa shape index (κ3) is 4.53. The Kier molecular flexibility index (Phi) is 5.91. The van der Waals surface area contributed by atoms with Crippen LogP contribution in [0.2, 0.25) is 5.02 Å². The van der Waals surface area contributed by atoms with Gasteiger partial charge < -0.3 is 29.4 Å². The van der Waals surface area contributed by atoms with Gasteiger partial charge in [0.25, 0.3) is 5.56 Å². The molecule has 5 rings (SSSR count). The molecule has 32 heavy (non-hydrogen) atoms. The smallest absolute Gasteiger partial charge is 0.253 e. The lowest BCUT2D eigenvalue weighted by Gasteiger charge is -2.28. The molecule has 0 unspecified atom stereocenters. The summed E-state index contributed by atoms with van der Waals surface area (Å²) in [6.07, 6.45) is 2.06. The lowest BCUT2D eigenvalue weighted by molar-refractivity contribution is 0.0904. The first-order valence-electron chi connectivity index (χ1n) is 10.4. The minimum Gasteiger partial charge on any atom is -0.454 e. The van der Waals surface area contributed by atoms with Gasteiger partial charge in [0.1, 0.15) is 0 Å². The van der Waals surface area contributed by atoms with E-state index in [2.05, 4.69) is 10.3 Å². The average molecular weight is 472 g/mol. The Balaban J connectivity index is 1.42. The maximum absolute atomic E-state index is 12.9. The molecule has 0 aliphatic carbocycles. The number of rotatable bonds is 5. The number of fused-ring (bicyclic) bond motifs is 2. The maximum Gasteiger partial charge on any atom is 0.253 e. The van der Waals surface area contributed by atoms with Crippen LogP contribution in [0.4, 0.5) is 5.69 Å². The molecular weight excluding hydrogens is 450 g/mol. The standard InChI is InChI=1S/C23H22ClN3O4S/c24-16-3-1-4-17(9-16)25-23(32)27(12-18-5-2-6-29-18)11-15-7-14-8-20-21(31-13-30-20)10-19(14)26-22(15)28/h1,3-4,7-10,18H,2,5-6,11-13H2,(H,25,32)(H,26,28)/t18-/m0/s1. The Bertz CT molecular complexity index is 1230. The first-order valence-corrected chi connectivity index (χ1v) is 11.2. The van der Waals surface area contributed by atoms with Crippen molar-refractivity contribution in [3.8, 4) is 11.5 Å². The molecule has 166 valence electrons.